The van der Waals surface area contributed by atoms with Crippen LogP contribution in [0.25, 0.3) is 0 Å². The Hall–Kier alpha value is -1.63. The molecule has 0 amide bonds. The van der Waals surface area contributed by atoms with Crippen LogP contribution in [-0.4, -0.2) is 52.6 Å². The van der Waals surface area contributed by atoms with Crippen LogP contribution >= 0.6 is 0 Å². The molecule has 27 heavy (non-hydrogen) atoms. The van der Waals surface area contributed by atoms with E-state index in [0.29, 0.717) is 12.0 Å². The van der Waals surface area contributed by atoms with Gasteiger partial charge in [-0.2, -0.15) is 5.10 Å². The summed E-state index contributed by atoms with van der Waals surface area (Å²) in [5.41, 5.74) is 0.150. The Balaban J connectivity index is 1.62. The Morgan fingerprint density at radius 2 is 2.15 bits per heavy atom. The van der Waals surface area contributed by atoms with Crippen molar-refractivity contribution in [3.05, 3.63) is 11.6 Å². The molecule has 1 aromatic heterocycles. The van der Waals surface area contributed by atoms with Crippen LogP contribution in [0.1, 0.15) is 58.6 Å². The molecular weight excluding hydrogens is 340 g/mol. The fourth-order valence-corrected chi connectivity index (χ4v) is 4.26. The highest BCUT2D eigenvalue weighted by Gasteiger charge is 2.35. The van der Waals surface area contributed by atoms with Crippen LogP contribution in [-0.2, 0) is 17.7 Å². The third-order valence-electron chi connectivity index (χ3n) is 5.43. The second-order valence-corrected chi connectivity index (χ2v) is 8.92. The number of aromatic nitrogens is 3. The van der Waals surface area contributed by atoms with Crippen molar-refractivity contribution < 1.29 is 4.74 Å². The van der Waals surface area contributed by atoms with Gasteiger partial charge in [0.25, 0.3) is 0 Å². The van der Waals surface area contributed by atoms with Crippen molar-refractivity contribution >= 4 is 5.96 Å². The molecule has 1 saturated heterocycles. The second kappa shape index (κ2) is 8.59. The maximum atomic E-state index is 6.11. The van der Waals surface area contributed by atoms with Gasteiger partial charge in [0.2, 0.25) is 0 Å². The maximum Gasteiger partial charge on any atom is 0.191 e. The number of aryl methyl sites for hydroxylation is 2. The Labute approximate surface area is 163 Å². The summed E-state index contributed by atoms with van der Waals surface area (Å²) in [5.74, 6) is 3.34. The number of ether oxygens (including phenoxy) is 1. The molecule has 3 heterocycles. The van der Waals surface area contributed by atoms with E-state index in [4.69, 9.17) is 9.73 Å². The molecule has 2 aliphatic rings. The molecule has 2 aliphatic heterocycles. The summed E-state index contributed by atoms with van der Waals surface area (Å²) >= 11 is 0. The molecule has 0 aromatic carbocycles. The first-order valence-corrected chi connectivity index (χ1v) is 10.4. The zero-order chi connectivity index (χ0) is 19.4. The Bertz CT molecular complexity index is 647. The van der Waals surface area contributed by atoms with Gasteiger partial charge in [0.15, 0.2) is 5.96 Å². The van der Waals surface area contributed by atoms with E-state index >= 15 is 0 Å². The standard InChI is InChI=1S/C20H36N6O/c1-6-21-19(22-12-15-8-7-11-27-18(15)20(3,4)5)24-16-9-10-17-23-14(2)25-26(17)13-16/h15-16,18H,6-13H2,1-5H3,(H2,21,22,24). The molecular formula is C20H36N6O. The lowest BCUT2D eigenvalue weighted by atomic mass is 9.78. The molecule has 7 nitrogen and oxygen atoms in total. The molecule has 0 aliphatic carbocycles. The van der Waals surface area contributed by atoms with Gasteiger partial charge >= 0.3 is 0 Å². The highest BCUT2D eigenvalue weighted by molar-refractivity contribution is 5.80. The van der Waals surface area contributed by atoms with Gasteiger partial charge in [-0.1, -0.05) is 20.8 Å². The molecule has 0 saturated carbocycles. The van der Waals surface area contributed by atoms with Crippen LogP contribution in [0.4, 0.5) is 0 Å². The van der Waals surface area contributed by atoms with Gasteiger partial charge in [0.05, 0.1) is 12.6 Å². The molecule has 0 spiro atoms. The number of nitrogens with zero attached hydrogens (tertiary/aromatic N) is 4. The average Bonchev–Trinajstić information content (AvgIpc) is 2.98. The van der Waals surface area contributed by atoms with Crippen molar-refractivity contribution in [1.29, 1.82) is 0 Å². The van der Waals surface area contributed by atoms with Crippen molar-refractivity contribution in [3.63, 3.8) is 0 Å². The number of nitrogens with one attached hydrogen (secondary N) is 2. The normalized spacial score (nSPS) is 26.6. The number of guanidine groups is 1. The summed E-state index contributed by atoms with van der Waals surface area (Å²) in [4.78, 5) is 9.42. The minimum Gasteiger partial charge on any atom is -0.377 e. The van der Waals surface area contributed by atoms with Crippen molar-refractivity contribution in [2.24, 2.45) is 16.3 Å². The van der Waals surface area contributed by atoms with Gasteiger partial charge in [-0.25, -0.2) is 9.67 Å². The fraction of sp³-hybridized carbons (Fsp3) is 0.850. The molecule has 0 bridgehead atoms. The molecule has 0 radical (unpaired) electrons. The van der Waals surface area contributed by atoms with E-state index in [1.807, 2.05) is 11.6 Å². The highest BCUT2D eigenvalue weighted by atomic mass is 16.5. The second-order valence-electron chi connectivity index (χ2n) is 8.92. The van der Waals surface area contributed by atoms with E-state index < -0.39 is 0 Å². The van der Waals surface area contributed by atoms with E-state index in [-0.39, 0.29) is 11.5 Å². The fourth-order valence-electron chi connectivity index (χ4n) is 4.26. The van der Waals surface area contributed by atoms with Crippen molar-refractivity contribution in [2.45, 2.75) is 79.0 Å². The van der Waals surface area contributed by atoms with Crippen LogP contribution in [0, 0.1) is 18.3 Å². The third kappa shape index (κ3) is 5.21. The van der Waals surface area contributed by atoms with Gasteiger partial charge in [0, 0.05) is 38.1 Å². The van der Waals surface area contributed by atoms with E-state index in [2.05, 4.69) is 48.4 Å². The lowest BCUT2D eigenvalue weighted by Gasteiger charge is -2.39. The lowest BCUT2D eigenvalue weighted by Crippen LogP contribution is -2.48. The maximum absolute atomic E-state index is 6.11. The summed E-state index contributed by atoms with van der Waals surface area (Å²) in [6.45, 7) is 14.2. The van der Waals surface area contributed by atoms with E-state index in [1.165, 1.54) is 6.42 Å². The number of rotatable bonds is 4. The van der Waals surface area contributed by atoms with Gasteiger partial charge in [-0.15, -0.1) is 0 Å². The minimum absolute atomic E-state index is 0.150. The summed E-state index contributed by atoms with van der Waals surface area (Å²) in [7, 11) is 0. The average molecular weight is 377 g/mol. The van der Waals surface area contributed by atoms with Gasteiger partial charge in [-0.3, -0.25) is 4.99 Å². The molecule has 1 aromatic rings. The first-order chi connectivity index (χ1) is 12.9. The Kier molecular flexibility index (Phi) is 6.40. The molecule has 2 N–H and O–H groups in total. The van der Waals surface area contributed by atoms with Crippen LogP contribution in [0.5, 0.6) is 0 Å². The first-order valence-electron chi connectivity index (χ1n) is 10.4. The van der Waals surface area contributed by atoms with Gasteiger partial charge in [-0.05, 0) is 38.5 Å². The largest absolute Gasteiger partial charge is 0.377 e. The first kappa shape index (κ1) is 20.1. The molecule has 3 unspecified atom stereocenters. The van der Waals surface area contributed by atoms with E-state index in [1.54, 1.807) is 0 Å². The smallest absolute Gasteiger partial charge is 0.191 e. The molecule has 3 atom stereocenters. The summed E-state index contributed by atoms with van der Waals surface area (Å²) in [5, 5.41) is 11.5. The summed E-state index contributed by atoms with van der Waals surface area (Å²) < 4.78 is 8.14. The summed E-state index contributed by atoms with van der Waals surface area (Å²) in [6.07, 6.45) is 4.61. The van der Waals surface area contributed by atoms with Crippen LogP contribution in [0.3, 0.4) is 0 Å². The zero-order valence-electron chi connectivity index (χ0n) is 17.6. The zero-order valence-corrected chi connectivity index (χ0v) is 17.6. The Morgan fingerprint density at radius 3 is 2.89 bits per heavy atom. The molecule has 1 fully saturated rings. The number of aliphatic imine (C=N–C) groups is 1. The summed E-state index contributed by atoms with van der Waals surface area (Å²) in [6, 6.07) is 0.331. The molecule has 152 valence electrons. The monoisotopic (exact) mass is 376 g/mol. The molecule has 3 rings (SSSR count). The van der Waals surface area contributed by atoms with Crippen LogP contribution in [0.15, 0.2) is 4.99 Å². The quantitative estimate of drug-likeness (QED) is 0.623. The van der Waals surface area contributed by atoms with Crippen molar-refractivity contribution in [3.8, 4) is 0 Å². The number of hydrogen-bond donors (Lipinski definition) is 2. The molecule has 7 heteroatoms. The lowest BCUT2D eigenvalue weighted by molar-refractivity contribution is -0.0823. The van der Waals surface area contributed by atoms with Gasteiger partial charge in [0.1, 0.15) is 11.6 Å². The topological polar surface area (TPSA) is 76.4 Å². The predicted octanol–water partition coefficient (Wildman–Crippen LogP) is 2.30. The van der Waals surface area contributed by atoms with E-state index in [9.17, 15) is 0 Å². The minimum atomic E-state index is 0.150. The predicted molar refractivity (Wildman–Crippen MR) is 108 cm³/mol. The van der Waals surface area contributed by atoms with Crippen molar-refractivity contribution in [2.75, 3.05) is 19.7 Å². The number of fused-ring (bicyclic) bond motifs is 1. The number of hydrogen-bond acceptors (Lipinski definition) is 4. The SMILES string of the molecule is CCNC(=NCC1CCCOC1C(C)(C)C)NC1CCc2nc(C)nn2C1. The Morgan fingerprint density at radius 1 is 1.33 bits per heavy atom. The van der Waals surface area contributed by atoms with Gasteiger partial charge < -0.3 is 15.4 Å². The van der Waals surface area contributed by atoms with Crippen LogP contribution < -0.4 is 10.6 Å². The highest BCUT2D eigenvalue weighted by Crippen LogP contribution is 2.34. The van der Waals surface area contributed by atoms with Crippen molar-refractivity contribution in [1.82, 2.24) is 25.4 Å². The van der Waals surface area contributed by atoms with E-state index in [0.717, 1.165) is 63.1 Å². The third-order valence-corrected chi connectivity index (χ3v) is 5.43. The van der Waals surface area contributed by atoms with Crippen LogP contribution in [0.2, 0.25) is 0 Å².